The van der Waals surface area contributed by atoms with E-state index in [4.69, 9.17) is 4.42 Å². The van der Waals surface area contributed by atoms with Crippen LogP contribution in [0.5, 0.6) is 0 Å². The number of halogens is 3. The van der Waals surface area contributed by atoms with Gasteiger partial charge in [0.05, 0.1) is 24.3 Å². The molecule has 1 aliphatic rings. The summed E-state index contributed by atoms with van der Waals surface area (Å²) in [6.07, 6.45) is 2.82. The molecule has 0 aliphatic carbocycles. The second-order valence-corrected chi connectivity index (χ2v) is 7.15. The maximum atomic E-state index is 12.9. The molecule has 0 spiro atoms. The fourth-order valence-electron chi connectivity index (χ4n) is 3.55. The van der Waals surface area contributed by atoms with Gasteiger partial charge in [0.25, 0.3) is 5.89 Å². The first-order valence-electron chi connectivity index (χ1n) is 9.41. The van der Waals surface area contributed by atoms with Crippen LogP contribution in [0.3, 0.4) is 0 Å². The number of carbonyl (C=O) groups excluding carboxylic acids is 1. The molecule has 2 atom stereocenters. The highest BCUT2D eigenvalue weighted by Gasteiger charge is 2.34. The third-order valence-corrected chi connectivity index (χ3v) is 5.01. The third-order valence-electron chi connectivity index (χ3n) is 5.01. The lowest BCUT2D eigenvalue weighted by molar-refractivity contribution is -0.137. The van der Waals surface area contributed by atoms with Gasteiger partial charge in [-0.25, -0.2) is 4.98 Å². The lowest BCUT2D eigenvalue weighted by atomic mass is 10.1. The van der Waals surface area contributed by atoms with Crippen molar-refractivity contribution in [2.24, 2.45) is 0 Å². The number of benzene rings is 1. The zero-order valence-electron chi connectivity index (χ0n) is 16.1. The summed E-state index contributed by atoms with van der Waals surface area (Å²) in [4.78, 5) is 18.0. The number of likely N-dealkylation sites (tertiary alicyclic amines) is 1. The Balaban J connectivity index is 1.42. The average molecular weight is 430 g/mol. The first-order chi connectivity index (χ1) is 14.8. The second-order valence-electron chi connectivity index (χ2n) is 7.15. The molecule has 1 saturated heterocycles. The highest BCUT2D eigenvalue weighted by atomic mass is 19.4. The number of hydrogen-bond donors (Lipinski definition) is 1. The van der Waals surface area contributed by atoms with Crippen LogP contribution in [-0.2, 0) is 12.7 Å². The Morgan fingerprint density at radius 3 is 2.90 bits per heavy atom. The maximum absolute atomic E-state index is 12.9. The number of nitrogens with zero attached hydrogens (tertiary/aromatic N) is 5. The lowest BCUT2D eigenvalue weighted by Crippen LogP contribution is -2.36. The van der Waals surface area contributed by atoms with Gasteiger partial charge in [-0.2, -0.15) is 23.5 Å². The van der Waals surface area contributed by atoms with Crippen LogP contribution in [0, 0.1) is 11.5 Å². The summed E-state index contributed by atoms with van der Waals surface area (Å²) >= 11 is 0. The maximum Gasteiger partial charge on any atom is 0.416 e. The smallest absolute Gasteiger partial charge is 0.416 e. The normalized spacial score (nSPS) is 18.7. The summed E-state index contributed by atoms with van der Waals surface area (Å²) in [6.45, 7) is 0.834. The molecule has 0 radical (unpaired) electrons. The van der Waals surface area contributed by atoms with E-state index in [1.165, 1.54) is 18.3 Å². The highest BCUT2D eigenvalue weighted by molar-refractivity contribution is 5.90. The first-order valence-corrected chi connectivity index (χ1v) is 9.41. The second kappa shape index (κ2) is 8.14. The van der Waals surface area contributed by atoms with E-state index in [1.807, 2.05) is 0 Å². The molecule has 0 unspecified atom stereocenters. The predicted molar refractivity (Wildman–Crippen MR) is 101 cm³/mol. The quantitative estimate of drug-likeness (QED) is 0.625. The number of rotatable bonds is 5. The van der Waals surface area contributed by atoms with E-state index >= 15 is 0 Å². The van der Waals surface area contributed by atoms with Crippen LogP contribution in [-0.4, -0.2) is 44.2 Å². The van der Waals surface area contributed by atoms with Crippen molar-refractivity contribution in [1.82, 2.24) is 25.0 Å². The summed E-state index contributed by atoms with van der Waals surface area (Å²) in [6, 6.07) is 5.94. The Hall–Kier alpha value is -3.81. The zero-order chi connectivity index (χ0) is 22.0. The van der Waals surface area contributed by atoms with Crippen LogP contribution in [0.1, 0.15) is 22.7 Å². The van der Waals surface area contributed by atoms with Crippen LogP contribution in [0.4, 0.5) is 13.2 Å². The number of carbonyl (C=O) groups is 1. The molecule has 11 heteroatoms. The Morgan fingerprint density at radius 1 is 1.35 bits per heavy atom. The minimum absolute atomic E-state index is 0.0536. The molecule has 160 valence electrons. The van der Waals surface area contributed by atoms with Crippen molar-refractivity contribution in [3.63, 3.8) is 0 Å². The Morgan fingerprint density at radius 2 is 2.19 bits per heavy atom. The number of hydrogen-bond acceptors (Lipinski definition) is 6. The third kappa shape index (κ3) is 4.53. The zero-order valence-corrected chi connectivity index (χ0v) is 16.1. The van der Waals surface area contributed by atoms with E-state index in [-0.39, 0.29) is 29.3 Å². The molecule has 1 fully saturated rings. The van der Waals surface area contributed by atoms with Crippen molar-refractivity contribution in [2.75, 3.05) is 6.54 Å². The molecule has 4 rings (SSSR count). The minimum Gasteiger partial charge on any atom is -0.432 e. The van der Waals surface area contributed by atoms with E-state index in [2.05, 4.69) is 21.6 Å². The van der Waals surface area contributed by atoms with E-state index in [1.54, 1.807) is 28.0 Å². The summed E-state index contributed by atoms with van der Waals surface area (Å²) in [5.74, 6) is -0.801. The largest absolute Gasteiger partial charge is 0.432 e. The van der Waals surface area contributed by atoms with Gasteiger partial charge in [0.1, 0.15) is 0 Å². The van der Waals surface area contributed by atoms with Crippen LogP contribution in [0.2, 0.25) is 0 Å². The molecular formula is C20H17F3N6O2. The number of amides is 1. The van der Waals surface area contributed by atoms with Crippen LogP contribution in [0.25, 0.3) is 11.3 Å². The van der Waals surface area contributed by atoms with Gasteiger partial charge in [-0.15, -0.1) is 0 Å². The molecule has 1 N–H and O–H groups in total. The number of alkyl halides is 3. The molecule has 1 aliphatic heterocycles. The SMILES string of the molecule is N#CN1C[C@H](NC(=O)c2ncc(-c3cccc(C(F)(F)F)c3)o2)C[C@H]1Cn1cccn1. The van der Waals surface area contributed by atoms with Gasteiger partial charge in [0.15, 0.2) is 12.0 Å². The molecule has 1 amide bonds. The van der Waals surface area contributed by atoms with Gasteiger partial charge in [-0.05, 0) is 24.6 Å². The fraction of sp³-hybridized carbons (Fsp3) is 0.300. The highest BCUT2D eigenvalue weighted by Crippen LogP contribution is 2.32. The van der Waals surface area contributed by atoms with E-state index in [9.17, 15) is 23.2 Å². The Labute approximate surface area is 174 Å². The van der Waals surface area contributed by atoms with Crippen molar-refractivity contribution in [2.45, 2.75) is 31.2 Å². The number of nitriles is 1. The Bertz CT molecular complexity index is 1100. The van der Waals surface area contributed by atoms with Gasteiger partial charge in [0, 0.05) is 30.5 Å². The van der Waals surface area contributed by atoms with Crippen molar-refractivity contribution >= 4 is 5.91 Å². The summed E-state index contributed by atoms with van der Waals surface area (Å²) < 4.78 is 45.8. The fourth-order valence-corrected chi connectivity index (χ4v) is 3.55. The molecule has 0 bridgehead atoms. The van der Waals surface area contributed by atoms with Gasteiger partial charge in [-0.3, -0.25) is 9.48 Å². The van der Waals surface area contributed by atoms with Gasteiger partial charge in [0.2, 0.25) is 0 Å². The molecule has 2 aromatic heterocycles. The van der Waals surface area contributed by atoms with E-state index in [0.717, 1.165) is 12.1 Å². The van der Waals surface area contributed by atoms with Crippen molar-refractivity contribution in [1.29, 1.82) is 5.26 Å². The van der Waals surface area contributed by atoms with Crippen molar-refractivity contribution in [3.8, 4) is 17.5 Å². The molecule has 31 heavy (non-hydrogen) atoms. The summed E-state index contributed by atoms with van der Waals surface area (Å²) in [5, 5.41) is 16.3. The molecule has 1 aromatic carbocycles. The van der Waals surface area contributed by atoms with Crippen LogP contribution >= 0.6 is 0 Å². The molecular weight excluding hydrogens is 413 g/mol. The van der Waals surface area contributed by atoms with E-state index < -0.39 is 17.6 Å². The molecule has 3 aromatic rings. The van der Waals surface area contributed by atoms with Gasteiger partial charge in [-0.1, -0.05) is 12.1 Å². The van der Waals surface area contributed by atoms with Crippen LogP contribution in [0.15, 0.2) is 53.3 Å². The number of oxazole rings is 1. The summed E-state index contributed by atoms with van der Waals surface area (Å²) in [5.41, 5.74) is -0.657. The van der Waals surface area contributed by atoms with Crippen LogP contribution < -0.4 is 5.32 Å². The average Bonchev–Trinajstić information content (AvgIpc) is 3.49. The molecule has 8 nitrogen and oxygen atoms in total. The summed E-state index contributed by atoms with van der Waals surface area (Å²) in [7, 11) is 0. The Kier molecular flexibility index (Phi) is 5.37. The number of aromatic nitrogens is 3. The predicted octanol–water partition coefficient (Wildman–Crippen LogP) is 2.91. The van der Waals surface area contributed by atoms with Gasteiger partial charge < -0.3 is 14.6 Å². The van der Waals surface area contributed by atoms with Gasteiger partial charge >= 0.3 is 12.1 Å². The topological polar surface area (TPSA) is 100.0 Å². The lowest BCUT2D eigenvalue weighted by Gasteiger charge is -2.17. The monoisotopic (exact) mass is 430 g/mol. The number of nitrogens with one attached hydrogen (secondary N) is 1. The van der Waals surface area contributed by atoms with E-state index in [0.29, 0.717) is 19.5 Å². The molecule has 3 heterocycles. The standard InChI is InChI=1S/C20H17F3N6O2/c21-20(22,23)14-4-1-3-13(7-14)17-9-25-19(31-17)18(30)27-15-8-16(28(10-15)12-24)11-29-6-2-5-26-29/h1-7,9,15-16H,8,10-11H2,(H,27,30)/t15-,16+/m1/s1. The van der Waals surface area contributed by atoms with Crippen molar-refractivity contribution < 1.29 is 22.4 Å². The minimum atomic E-state index is -4.49. The van der Waals surface area contributed by atoms with Crippen molar-refractivity contribution in [3.05, 3.63) is 60.4 Å². The molecule has 0 saturated carbocycles. The first kappa shape index (κ1) is 20.5.